The molecule has 0 aliphatic carbocycles. The number of anilines is 1. The van der Waals surface area contributed by atoms with Gasteiger partial charge in [-0.2, -0.15) is 0 Å². The summed E-state index contributed by atoms with van der Waals surface area (Å²) < 4.78 is 39.9. The molecule has 1 N–H and O–H groups in total. The first-order chi connectivity index (χ1) is 10.1. The lowest BCUT2D eigenvalue weighted by atomic mass is 10.2. The average molecular weight is 302 g/mol. The van der Waals surface area contributed by atoms with Crippen LogP contribution in [0.2, 0.25) is 0 Å². The van der Waals surface area contributed by atoms with Crippen LogP contribution in [-0.4, -0.2) is 13.4 Å². The van der Waals surface area contributed by atoms with E-state index in [1.54, 1.807) is 30.5 Å². The van der Waals surface area contributed by atoms with Crippen molar-refractivity contribution in [3.8, 4) is 0 Å². The molecule has 0 radical (unpaired) electrons. The van der Waals surface area contributed by atoms with Gasteiger partial charge in [0.25, 0.3) is 10.0 Å². The van der Waals surface area contributed by atoms with Gasteiger partial charge in [-0.05, 0) is 29.8 Å². The molecular formula is C15H11FN2O2S. The largest absolute Gasteiger partial charge is 0.359 e. The fourth-order valence-corrected chi connectivity index (χ4v) is 4.42. The van der Waals surface area contributed by atoms with Crippen molar-refractivity contribution in [2.75, 3.05) is 4.31 Å². The van der Waals surface area contributed by atoms with E-state index in [-0.39, 0.29) is 5.82 Å². The van der Waals surface area contributed by atoms with Gasteiger partial charge in [-0.15, -0.1) is 0 Å². The van der Waals surface area contributed by atoms with Crippen molar-refractivity contribution in [2.24, 2.45) is 0 Å². The van der Waals surface area contributed by atoms with Crippen LogP contribution in [-0.2, 0) is 16.6 Å². The monoisotopic (exact) mass is 302 g/mol. The Morgan fingerprint density at radius 1 is 1.14 bits per heavy atom. The zero-order valence-corrected chi connectivity index (χ0v) is 11.7. The summed E-state index contributed by atoms with van der Waals surface area (Å²) in [6, 6.07) is 11.2. The van der Waals surface area contributed by atoms with E-state index in [9.17, 15) is 12.8 Å². The van der Waals surface area contributed by atoms with E-state index in [0.29, 0.717) is 28.0 Å². The Morgan fingerprint density at radius 3 is 2.76 bits per heavy atom. The molecule has 0 saturated carbocycles. The third-order valence-electron chi connectivity index (χ3n) is 3.75. The maximum Gasteiger partial charge on any atom is 0.265 e. The van der Waals surface area contributed by atoms with Gasteiger partial charge in [0, 0.05) is 11.6 Å². The minimum atomic E-state index is -3.55. The van der Waals surface area contributed by atoms with E-state index < -0.39 is 10.0 Å². The zero-order valence-electron chi connectivity index (χ0n) is 10.9. The van der Waals surface area contributed by atoms with Gasteiger partial charge >= 0.3 is 0 Å². The fraction of sp³-hybridized carbons (Fsp3) is 0.0667. The second kappa shape index (κ2) is 4.08. The van der Waals surface area contributed by atoms with E-state index in [1.807, 2.05) is 6.07 Å². The predicted octanol–water partition coefficient (Wildman–Crippen LogP) is 3.02. The summed E-state index contributed by atoms with van der Waals surface area (Å²) in [4.78, 5) is 3.26. The highest BCUT2D eigenvalue weighted by atomic mass is 32.2. The Labute approximate surface area is 120 Å². The molecule has 1 aromatic heterocycles. The van der Waals surface area contributed by atoms with Gasteiger partial charge in [-0.25, -0.2) is 12.8 Å². The van der Waals surface area contributed by atoms with Gasteiger partial charge in [-0.3, -0.25) is 4.31 Å². The number of rotatable bonds is 1. The van der Waals surface area contributed by atoms with Crippen LogP contribution >= 0.6 is 0 Å². The van der Waals surface area contributed by atoms with Crippen molar-refractivity contribution in [3.63, 3.8) is 0 Å². The molecule has 0 atom stereocenters. The van der Waals surface area contributed by atoms with E-state index in [1.165, 1.54) is 16.4 Å². The lowest BCUT2D eigenvalue weighted by Crippen LogP contribution is -2.23. The lowest BCUT2D eigenvalue weighted by molar-refractivity contribution is 0.596. The van der Waals surface area contributed by atoms with Crippen molar-refractivity contribution in [1.29, 1.82) is 0 Å². The van der Waals surface area contributed by atoms with E-state index >= 15 is 0 Å². The second-order valence-corrected chi connectivity index (χ2v) is 6.81. The number of fused-ring (bicyclic) bond motifs is 2. The Hall–Kier alpha value is -2.34. The summed E-state index contributed by atoms with van der Waals surface area (Å²) in [5.41, 5.74) is 1.89. The molecule has 2 heterocycles. The lowest BCUT2D eigenvalue weighted by Gasteiger charge is -2.15. The molecule has 0 bridgehead atoms. The van der Waals surface area contributed by atoms with Crippen LogP contribution in [0.5, 0.6) is 0 Å². The number of sulfonamides is 1. The highest BCUT2D eigenvalue weighted by Gasteiger charge is 2.35. The molecule has 6 heteroatoms. The normalized spacial score (nSPS) is 16.3. The highest BCUT2D eigenvalue weighted by molar-refractivity contribution is 7.93. The predicted molar refractivity (Wildman–Crippen MR) is 78.1 cm³/mol. The summed E-state index contributed by atoms with van der Waals surface area (Å²) in [5, 5.41) is 0.688. The number of nitrogens with zero attached hydrogens (tertiary/aromatic N) is 1. The smallest absolute Gasteiger partial charge is 0.265 e. The second-order valence-electron chi connectivity index (χ2n) is 4.98. The van der Waals surface area contributed by atoms with E-state index in [0.717, 1.165) is 5.56 Å². The van der Waals surface area contributed by atoms with Gasteiger partial charge in [-0.1, -0.05) is 18.2 Å². The number of aromatic nitrogens is 1. The molecule has 0 amide bonds. The molecule has 3 aromatic rings. The van der Waals surface area contributed by atoms with Gasteiger partial charge in [0.15, 0.2) is 0 Å². The average Bonchev–Trinajstić information content (AvgIpc) is 2.98. The first kappa shape index (κ1) is 12.4. The first-order valence-electron chi connectivity index (χ1n) is 6.45. The molecule has 4 nitrogen and oxygen atoms in total. The molecule has 1 aliphatic heterocycles. The van der Waals surface area contributed by atoms with Crippen molar-refractivity contribution in [3.05, 3.63) is 60.0 Å². The molecular weight excluding hydrogens is 291 g/mol. The SMILES string of the molecule is O=S1(=O)c2ccccc2CN1c1c[nH]c2cc(F)ccc12. The molecule has 2 aromatic carbocycles. The van der Waals surface area contributed by atoms with Gasteiger partial charge < -0.3 is 4.98 Å². The third kappa shape index (κ3) is 1.69. The Morgan fingerprint density at radius 2 is 1.95 bits per heavy atom. The maximum atomic E-state index is 13.2. The third-order valence-corrected chi connectivity index (χ3v) is 5.61. The zero-order chi connectivity index (χ0) is 14.6. The molecule has 0 saturated heterocycles. The standard InChI is InChI=1S/C15H11FN2O2S/c16-11-5-6-12-13(7-11)17-8-14(12)18-9-10-3-1-2-4-15(10)21(18,19)20/h1-8,17H,9H2. The van der Waals surface area contributed by atoms with Crippen LogP contribution in [0.3, 0.4) is 0 Å². The van der Waals surface area contributed by atoms with Gasteiger partial charge in [0.2, 0.25) is 0 Å². The molecule has 106 valence electrons. The van der Waals surface area contributed by atoms with Crippen LogP contribution in [0, 0.1) is 5.82 Å². The molecule has 1 aliphatic rings. The first-order valence-corrected chi connectivity index (χ1v) is 7.89. The fourth-order valence-electron chi connectivity index (χ4n) is 2.75. The van der Waals surface area contributed by atoms with Gasteiger partial charge in [0.1, 0.15) is 5.82 Å². The number of aromatic amines is 1. The maximum absolute atomic E-state index is 13.2. The number of hydrogen-bond acceptors (Lipinski definition) is 2. The van der Waals surface area contributed by atoms with Crippen LogP contribution in [0.1, 0.15) is 5.56 Å². The number of hydrogen-bond donors (Lipinski definition) is 1. The molecule has 4 rings (SSSR count). The number of halogens is 1. The van der Waals surface area contributed by atoms with Gasteiger partial charge in [0.05, 0.1) is 22.6 Å². The molecule has 0 fully saturated rings. The Bertz CT molecular complexity index is 963. The summed E-state index contributed by atoms with van der Waals surface area (Å²) in [7, 11) is -3.55. The van der Waals surface area contributed by atoms with E-state index in [2.05, 4.69) is 4.98 Å². The van der Waals surface area contributed by atoms with Crippen molar-refractivity contribution in [1.82, 2.24) is 4.98 Å². The highest BCUT2D eigenvalue weighted by Crippen LogP contribution is 2.38. The van der Waals surface area contributed by atoms with Crippen LogP contribution < -0.4 is 4.31 Å². The molecule has 21 heavy (non-hydrogen) atoms. The quantitative estimate of drug-likeness (QED) is 0.751. The number of nitrogens with one attached hydrogen (secondary N) is 1. The van der Waals surface area contributed by atoms with Crippen LogP contribution in [0.25, 0.3) is 10.9 Å². The molecule has 0 unspecified atom stereocenters. The number of H-pyrrole nitrogens is 1. The van der Waals surface area contributed by atoms with Crippen molar-refractivity contribution < 1.29 is 12.8 Å². The topological polar surface area (TPSA) is 53.2 Å². The minimum absolute atomic E-state index is 0.294. The summed E-state index contributed by atoms with van der Waals surface area (Å²) in [5.74, 6) is -0.358. The Balaban J connectivity index is 1.92. The Kier molecular flexibility index (Phi) is 2.41. The summed E-state index contributed by atoms with van der Waals surface area (Å²) in [6.07, 6.45) is 1.60. The minimum Gasteiger partial charge on any atom is -0.359 e. The van der Waals surface area contributed by atoms with Crippen molar-refractivity contribution in [2.45, 2.75) is 11.4 Å². The summed E-state index contributed by atoms with van der Waals surface area (Å²) in [6.45, 7) is 0.294. The van der Waals surface area contributed by atoms with Crippen LogP contribution in [0.4, 0.5) is 10.1 Å². The molecule has 0 spiro atoms. The summed E-state index contributed by atoms with van der Waals surface area (Å²) >= 11 is 0. The van der Waals surface area contributed by atoms with Crippen LogP contribution in [0.15, 0.2) is 53.6 Å². The van der Waals surface area contributed by atoms with E-state index in [4.69, 9.17) is 0 Å². The van der Waals surface area contributed by atoms with Crippen molar-refractivity contribution >= 4 is 26.6 Å². The number of benzene rings is 2.